The molecule has 0 amide bonds. The second-order valence-electron chi connectivity index (χ2n) is 10.7. The van der Waals surface area contributed by atoms with E-state index in [9.17, 15) is 0 Å². The molecule has 0 bridgehead atoms. The third-order valence-corrected chi connectivity index (χ3v) is 9.21. The summed E-state index contributed by atoms with van der Waals surface area (Å²) in [6.07, 6.45) is 7.67. The minimum absolute atomic E-state index is 0.772. The van der Waals surface area contributed by atoms with E-state index in [-0.39, 0.29) is 0 Å². The third-order valence-electron chi connectivity index (χ3n) is 7.24. The van der Waals surface area contributed by atoms with Crippen LogP contribution in [-0.4, -0.2) is 0 Å². The summed E-state index contributed by atoms with van der Waals surface area (Å²) in [5.74, 6) is 0. The van der Waals surface area contributed by atoms with Gasteiger partial charge >= 0.3 is 0 Å². The molecule has 236 valence electrons. The first-order chi connectivity index (χ1) is 23.6. The van der Waals surface area contributed by atoms with Crippen molar-refractivity contribution in [2.75, 3.05) is 11.5 Å². The van der Waals surface area contributed by atoms with Crippen molar-refractivity contribution in [3.63, 3.8) is 0 Å². The Labute approximate surface area is 292 Å². The van der Waals surface area contributed by atoms with Gasteiger partial charge in [0, 0.05) is 31.4 Å². The molecule has 0 atom stereocenters. The van der Waals surface area contributed by atoms with Crippen molar-refractivity contribution in [1.29, 1.82) is 0 Å². The van der Waals surface area contributed by atoms with E-state index in [0.29, 0.717) is 0 Å². The number of fused-ring (bicyclic) bond motifs is 1. The molecular weight excluding hydrogens is 621 g/mol. The van der Waals surface area contributed by atoms with Gasteiger partial charge < -0.3 is 11.5 Å². The van der Waals surface area contributed by atoms with Crippen LogP contribution in [-0.2, 0) is 0 Å². The Balaban J connectivity index is 0.000000162. The third kappa shape index (κ3) is 9.97. The molecule has 0 aliphatic heterocycles. The van der Waals surface area contributed by atoms with Crippen LogP contribution >= 0.6 is 23.1 Å². The molecule has 1 heterocycles. The summed E-state index contributed by atoms with van der Waals surface area (Å²) in [6.45, 7) is 3.63. The largest absolute Gasteiger partial charge is 0.399 e. The highest BCUT2D eigenvalue weighted by Gasteiger charge is 2.09. The highest BCUT2D eigenvalue weighted by atomic mass is 32.2. The minimum atomic E-state index is 0.772. The molecule has 4 N–H and O–H groups in total. The lowest BCUT2D eigenvalue weighted by Gasteiger charge is -2.08. The SMILES string of the molecule is C=C/C=C\C=C/Sc1cccc(-c2ccccc2)c1.Nc1ccc(-c2ccc(N)c(-c3cc4ccccc4s3)c2)cc1.c1ccccc1. The number of thioether (sulfide) groups is 1. The molecule has 0 aliphatic rings. The Bertz CT molecular complexity index is 2020. The highest BCUT2D eigenvalue weighted by Crippen LogP contribution is 2.38. The summed E-state index contributed by atoms with van der Waals surface area (Å²) >= 11 is 3.48. The maximum atomic E-state index is 6.23. The van der Waals surface area contributed by atoms with Gasteiger partial charge in [-0.15, -0.1) is 11.3 Å². The summed E-state index contributed by atoms with van der Waals surface area (Å²) in [7, 11) is 0. The normalized spacial score (nSPS) is 10.7. The molecular formula is C44H38N2S2. The van der Waals surface area contributed by atoms with Gasteiger partial charge in [-0.2, -0.15) is 0 Å². The van der Waals surface area contributed by atoms with Crippen molar-refractivity contribution in [2.45, 2.75) is 4.90 Å². The molecule has 0 radical (unpaired) electrons. The average Bonchev–Trinajstić information content (AvgIpc) is 3.58. The first kappa shape index (κ1) is 33.8. The van der Waals surface area contributed by atoms with E-state index in [4.69, 9.17) is 11.5 Å². The summed E-state index contributed by atoms with van der Waals surface area (Å²) in [4.78, 5) is 2.44. The molecule has 0 fully saturated rings. The molecule has 6 aromatic carbocycles. The van der Waals surface area contributed by atoms with Crippen molar-refractivity contribution in [2.24, 2.45) is 0 Å². The lowest BCUT2D eigenvalue weighted by atomic mass is 10.0. The van der Waals surface area contributed by atoms with Gasteiger partial charge in [0.05, 0.1) is 0 Å². The molecule has 4 heteroatoms. The molecule has 0 unspecified atom stereocenters. The van der Waals surface area contributed by atoms with Crippen molar-refractivity contribution < 1.29 is 0 Å². The van der Waals surface area contributed by atoms with Gasteiger partial charge in [0.1, 0.15) is 0 Å². The average molecular weight is 659 g/mol. The second kappa shape index (κ2) is 18.0. The van der Waals surface area contributed by atoms with Crippen LogP contribution in [0.25, 0.3) is 42.8 Å². The minimum Gasteiger partial charge on any atom is -0.399 e. The Hall–Kier alpha value is -5.55. The summed E-state index contributed by atoms with van der Waals surface area (Å²) in [5, 5.41) is 3.33. The van der Waals surface area contributed by atoms with Crippen molar-refractivity contribution in [3.8, 4) is 32.7 Å². The standard InChI is InChI=1S/C20H16N2S.C18H16S.C6H6/c21-16-8-5-13(6-9-16)14-7-10-18(22)17(11-14)20-12-15-3-1-2-4-19(15)23-20;1-2-3-4-8-14-19-18-13-9-12-17(15-18)16-10-6-5-7-11-16;1-2-4-6-5-3-1/h1-12H,21-22H2;2-15H,1H2;1-6H/b;4-3-,14-8-;. The molecule has 48 heavy (non-hydrogen) atoms. The number of nitrogens with two attached hydrogens (primary N) is 2. The summed E-state index contributed by atoms with van der Waals surface area (Å²) in [6, 6.07) is 55.7. The number of hydrogen-bond acceptors (Lipinski definition) is 4. The zero-order valence-electron chi connectivity index (χ0n) is 26.7. The number of thiophene rings is 1. The van der Waals surface area contributed by atoms with Crippen LogP contribution in [0.1, 0.15) is 0 Å². The summed E-state index contributed by atoms with van der Waals surface area (Å²) in [5.41, 5.74) is 19.5. The molecule has 0 spiro atoms. The second-order valence-corrected chi connectivity index (χ2v) is 12.8. The molecule has 0 saturated carbocycles. The van der Waals surface area contributed by atoms with Gasteiger partial charge in [-0.3, -0.25) is 0 Å². The van der Waals surface area contributed by atoms with Gasteiger partial charge in [0.15, 0.2) is 0 Å². The fourth-order valence-corrected chi connectivity index (χ4v) is 6.59. The van der Waals surface area contributed by atoms with Gasteiger partial charge in [-0.1, -0.05) is 158 Å². The van der Waals surface area contributed by atoms with Crippen LogP contribution in [0, 0.1) is 0 Å². The Morgan fingerprint density at radius 2 is 1.12 bits per heavy atom. The van der Waals surface area contributed by atoms with Crippen molar-refractivity contribution in [3.05, 3.63) is 200 Å². The quantitative estimate of drug-likeness (QED) is 0.102. The molecule has 7 aromatic rings. The topological polar surface area (TPSA) is 52.0 Å². The smallest absolute Gasteiger partial charge is 0.0402 e. The van der Waals surface area contributed by atoms with Crippen molar-refractivity contribution >= 4 is 44.6 Å². The van der Waals surface area contributed by atoms with Crippen LogP contribution in [0.2, 0.25) is 0 Å². The lowest BCUT2D eigenvalue weighted by molar-refractivity contribution is 1.46. The lowest BCUT2D eigenvalue weighted by Crippen LogP contribution is -1.90. The van der Waals surface area contributed by atoms with Crippen LogP contribution in [0.5, 0.6) is 0 Å². The predicted octanol–water partition coefficient (Wildman–Crippen LogP) is 12.8. The van der Waals surface area contributed by atoms with Crippen LogP contribution in [0.3, 0.4) is 0 Å². The van der Waals surface area contributed by atoms with E-state index in [1.54, 1.807) is 29.2 Å². The Morgan fingerprint density at radius 1 is 0.521 bits per heavy atom. The number of nitrogen functional groups attached to an aromatic ring is 2. The van der Waals surface area contributed by atoms with E-state index in [2.05, 4.69) is 103 Å². The van der Waals surface area contributed by atoms with Gasteiger partial charge in [0.25, 0.3) is 0 Å². The summed E-state index contributed by atoms with van der Waals surface area (Å²) < 4.78 is 1.28. The van der Waals surface area contributed by atoms with E-state index < -0.39 is 0 Å². The molecule has 1 aromatic heterocycles. The maximum absolute atomic E-state index is 6.23. The van der Waals surface area contributed by atoms with Gasteiger partial charge in [-0.25, -0.2) is 0 Å². The fraction of sp³-hybridized carbons (Fsp3) is 0. The number of benzene rings is 6. The van der Waals surface area contributed by atoms with Gasteiger partial charge in [0.2, 0.25) is 0 Å². The number of anilines is 2. The van der Waals surface area contributed by atoms with Crippen LogP contribution in [0.4, 0.5) is 11.4 Å². The number of hydrogen-bond donors (Lipinski definition) is 2. The van der Waals surface area contributed by atoms with Gasteiger partial charge in [-0.05, 0) is 81.6 Å². The Kier molecular flexibility index (Phi) is 12.6. The Morgan fingerprint density at radius 3 is 1.83 bits per heavy atom. The highest BCUT2D eigenvalue weighted by molar-refractivity contribution is 8.02. The molecule has 0 aliphatic carbocycles. The molecule has 2 nitrogen and oxygen atoms in total. The van der Waals surface area contributed by atoms with E-state index in [1.165, 1.54) is 31.0 Å². The predicted molar refractivity (Wildman–Crippen MR) is 214 cm³/mol. The van der Waals surface area contributed by atoms with Crippen LogP contribution in [0.15, 0.2) is 205 Å². The van der Waals surface area contributed by atoms with Crippen molar-refractivity contribution in [1.82, 2.24) is 0 Å². The monoisotopic (exact) mass is 658 g/mol. The maximum Gasteiger partial charge on any atom is 0.0402 e. The molecule has 0 saturated heterocycles. The van der Waals surface area contributed by atoms with Crippen LogP contribution < -0.4 is 11.5 Å². The first-order valence-electron chi connectivity index (χ1n) is 15.6. The molecule has 7 rings (SSSR count). The first-order valence-corrected chi connectivity index (χ1v) is 17.3. The van der Waals surface area contributed by atoms with E-state index >= 15 is 0 Å². The zero-order valence-corrected chi connectivity index (χ0v) is 28.3. The fourth-order valence-electron chi connectivity index (χ4n) is 4.81. The van der Waals surface area contributed by atoms with E-state index in [0.717, 1.165) is 28.1 Å². The number of rotatable bonds is 7. The number of allylic oxidation sites excluding steroid dienone is 4. The zero-order chi connectivity index (χ0) is 33.4. The van der Waals surface area contributed by atoms with E-state index in [1.807, 2.05) is 91.0 Å².